The van der Waals surface area contributed by atoms with E-state index in [-0.39, 0.29) is 5.54 Å². The SMILES string of the molecule is CCn1nc(C)c(Cl)c1CC1(N)CC2CCC1C2. The molecule has 2 fully saturated rings. The maximum Gasteiger partial charge on any atom is 0.0847 e. The van der Waals surface area contributed by atoms with Crippen LogP contribution in [-0.4, -0.2) is 15.3 Å². The largest absolute Gasteiger partial charge is 0.324 e. The molecule has 3 atom stereocenters. The van der Waals surface area contributed by atoms with Crippen LogP contribution < -0.4 is 5.73 Å². The number of hydrogen-bond donors (Lipinski definition) is 1. The zero-order valence-corrected chi connectivity index (χ0v) is 12.0. The predicted octanol–water partition coefficient (Wildman–Crippen LogP) is 2.92. The Balaban J connectivity index is 1.88. The Morgan fingerprint density at radius 1 is 1.50 bits per heavy atom. The maximum absolute atomic E-state index is 6.68. The molecule has 4 heteroatoms. The zero-order chi connectivity index (χ0) is 12.9. The fraction of sp³-hybridized carbons (Fsp3) is 0.786. The van der Waals surface area contributed by atoms with Gasteiger partial charge in [-0.3, -0.25) is 4.68 Å². The van der Waals surface area contributed by atoms with Crippen LogP contribution in [0.3, 0.4) is 0 Å². The lowest BCUT2D eigenvalue weighted by Gasteiger charge is -2.34. The van der Waals surface area contributed by atoms with Gasteiger partial charge in [0.15, 0.2) is 0 Å². The minimum absolute atomic E-state index is 0.0358. The van der Waals surface area contributed by atoms with Crippen LogP contribution in [0.1, 0.15) is 44.0 Å². The fourth-order valence-electron chi connectivity index (χ4n) is 4.05. The van der Waals surface area contributed by atoms with E-state index in [0.29, 0.717) is 5.92 Å². The van der Waals surface area contributed by atoms with E-state index in [9.17, 15) is 0 Å². The number of aromatic nitrogens is 2. The molecule has 2 bridgehead atoms. The van der Waals surface area contributed by atoms with Crippen LogP contribution >= 0.6 is 11.6 Å². The average Bonchev–Trinajstić information content (AvgIpc) is 2.98. The van der Waals surface area contributed by atoms with E-state index in [4.69, 9.17) is 17.3 Å². The lowest BCUT2D eigenvalue weighted by atomic mass is 9.78. The first-order valence-corrected chi connectivity index (χ1v) is 7.42. The van der Waals surface area contributed by atoms with Crippen molar-refractivity contribution in [1.82, 2.24) is 9.78 Å². The molecule has 1 aromatic rings. The van der Waals surface area contributed by atoms with Gasteiger partial charge in [0.1, 0.15) is 0 Å². The van der Waals surface area contributed by atoms with Crippen LogP contribution in [0.15, 0.2) is 0 Å². The van der Waals surface area contributed by atoms with Crippen LogP contribution in [0.5, 0.6) is 0 Å². The normalized spacial score (nSPS) is 34.4. The first-order valence-electron chi connectivity index (χ1n) is 7.04. The van der Waals surface area contributed by atoms with Crippen molar-refractivity contribution in [3.05, 3.63) is 16.4 Å². The van der Waals surface area contributed by atoms with Crippen molar-refractivity contribution in [3.8, 4) is 0 Å². The third kappa shape index (κ3) is 1.79. The Bertz CT molecular complexity index is 468. The predicted molar refractivity (Wildman–Crippen MR) is 73.7 cm³/mol. The highest BCUT2D eigenvalue weighted by Crippen LogP contribution is 2.51. The Morgan fingerprint density at radius 3 is 2.83 bits per heavy atom. The third-order valence-electron chi connectivity index (χ3n) is 4.97. The van der Waals surface area contributed by atoms with Crippen molar-refractivity contribution in [2.45, 2.75) is 58.0 Å². The summed E-state index contributed by atoms with van der Waals surface area (Å²) in [6.45, 7) is 4.95. The molecule has 2 saturated carbocycles. The smallest absolute Gasteiger partial charge is 0.0847 e. The second-order valence-corrected chi connectivity index (χ2v) is 6.53. The molecule has 0 radical (unpaired) electrons. The van der Waals surface area contributed by atoms with E-state index in [1.165, 1.54) is 25.7 Å². The van der Waals surface area contributed by atoms with E-state index in [2.05, 4.69) is 12.0 Å². The minimum Gasteiger partial charge on any atom is -0.324 e. The van der Waals surface area contributed by atoms with Crippen LogP contribution in [0.2, 0.25) is 5.02 Å². The second kappa shape index (κ2) is 4.24. The molecular formula is C14H22ClN3. The molecule has 3 rings (SSSR count). The molecule has 0 aliphatic heterocycles. The monoisotopic (exact) mass is 267 g/mol. The van der Waals surface area contributed by atoms with Crippen molar-refractivity contribution in [1.29, 1.82) is 0 Å². The molecule has 3 nitrogen and oxygen atoms in total. The van der Waals surface area contributed by atoms with Gasteiger partial charge in [-0.05, 0) is 44.9 Å². The van der Waals surface area contributed by atoms with E-state index in [1.807, 2.05) is 11.6 Å². The third-order valence-corrected chi connectivity index (χ3v) is 5.46. The standard InChI is InChI=1S/C14H22ClN3/c1-3-18-12(13(15)9(2)17-18)8-14(16)7-10-4-5-11(14)6-10/h10-11H,3-8,16H2,1-2H3. The summed E-state index contributed by atoms with van der Waals surface area (Å²) >= 11 is 6.40. The van der Waals surface area contributed by atoms with E-state index in [0.717, 1.165) is 35.3 Å². The first-order chi connectivity index (χ1) is 8.53. The molecule has 0 saturated heterocycles. The number of halogens is 1. The van der Waals surface area contributed by atoms with Gasteiger partial charge < -0.3 is 5.73 Å². The van der Waals surface area contributed by atoms with Crippen molar-refractivity contribution in [2.75, 3.05) is 0 Å². The summed E-state index contributed by atoms with van der Waals surface area (Å²) in [5, 5.41) is 5.32. The minimum atomic E-state index is -0.0358. The highest BCUT2D eigenvalue weighted by Gasteiger charge is 2.49. The highest BCUT2D eigenvalue weighted by atomic mass is 35.5. The molecule has 0 aromatic carbocycles. The molecule has 0 spiro atoms. The lowest BCUT2D eigenvalue weighted by Crippen LogP contribution is -2.47. The molecule has 1 aromatic heterocycles. The fourth-order valence-corrected chi connectivity index (χ4v) is 4.25. The number of rotatable bonds is 3. The first kappa shape index (κ1) is 12.5. The molecule has 2 N–H and O–H groups in total. The summed E-state index contributed by atoms with van der Waals surface area (Å²) < 4.78 is 2.03. The summed E-state index contributed by atoms with van der Waals surface area (Å²) in [4.78, 5) is 0. The maximum atomic E-state index is 6.68. The Labute approximate surface area is 114 Å². The van der Waals surface area contributed by atoms with Gasteiger partial charge in [-0.2, -0.15) is 5.10 Å². The molecular weight excluding hydrogens is 246 g/mol. The van der Waals surface area contributed by atoms with Gasteiger partial charge in [0.2, 0.25) is 0 Å². The van der Waals surface area contributed by atoms with Crippen molar-refractivity contribution >= 4 is 11.6 Å². The van der Waals surface area contributed by atoms with Gasteiger partial charge in [-0.15, -0.1) is 0 Å². The summed E-state index contributed by atoms with van der Waals surface area (Å²) in [7, 11) is 0. The van der Waals surface area contributed by atoms with Crippen molar-refractivity contribution in [2.24, 2.45) is 17.6 Å². The van der Waals surface area contributed by atoms with Crippen LogP contribution in [0.25, 0.3) is 0 Å². The van der Waals surface area contributed by atoms with Gasteiger partial charge >= 0.3 is 0 Å². The highest BCUT2D eigenvalue weighted by molar-refractivity contribution is 6.31. The number of nitrogens with two attached hydrogens (primary N) is 1. The van der Waals surface area contributed by atoms with Gasteiger partial charge in [0.05, 0.1) is 16.4 Å². The second-order valence-electron chi connectivity index (χ2n) is 6.15. The van der Waals surface area contributed by atoms with E-state index in [1.54, 1.807) is 0 Å². The molecule has 2 aliphatic rings. The summed E-state index contributed by atoms with van der Waals surface area (Å²) in [5.74, 6) is 1.55. The average molecular weight is 268 g/mol. The molecule has 2 aliphatic carbocycles. The van der Waals surface area contributed by atoms with Gasteiger partial charge in [-0.25, -0.2) is 0 Å². The van der Waals surface area contributed by atoms with Crippen LogP contribution in [0.4, 0.5) is 0 Å². The summed E-state index contributed by atoms with van der Waals surface area (Å²) in [6.07, 6.45) is 6.07. The Morgan fingerprint density at radius 2 is 2.28 bits per heavy atom. The molecule has 100 valence electrons. The number of aryl methyl sites for hydroxylation is 2. The molecule has 1 heterocycles. The zero-order valence-electron chi connectivity index (χ0n) is 11.2. The number of fused-ring (bicyclic) bond motifs is 2. The van der Waals surface area contributed by atoms with E-state index < -0.39 is 0 Å². The quantitative estimate of drug-likeness (QED) is 0.915. The molecule has 0 amide bonds. The number of nitrogens with zero attached hydrogens (tertiary/aromatic N) is 2. The van der Waals surface area contributed by atoms with Crippen LogP contribution in [-0.2, 0) is 13.0 Å². The van der Waals surface area contributed by atoms with Gasteiger partial charge in [0.25, 0.3) is 0 Å². The van der Waals surface area contributed by atoms with E-state index >= 15 is 0 Å². The van der Waals surface area contributed by atoms with Crippen molar-refractivity contribution in [3.63, 3.8) is 0 Å². The summed E-state index contributed by atoms with van der Waals surface area (Å²) in [6, 6.07) is 0. The van der Waals surface area contributed by atoms with Gasteiger partial charge in [-0.1, -0.05) is 18.0 Å². The molecule has 3 unspecified atom stereocenters. The molecule has 18 heavy (non-hydrogen) atoms. The summed E-state index contributed by atoms with van der Waals surface area (Å²) in [5.41, 5.74) is 8.72. The lowest BCUT2D eigenvalue weighted by molar-refractivity contribution is 0.264. The Kier molecular flexibility index (Phi) is 2.94. The Hall–Kier alpha value is -0.540. The van der Waals surface area contributed by atoms with Gasteiger partial charge in [0, 0.05) is 18.5 Å². The van der Waals surface area contributed by atoms with Crippen molar-refractivity contribution < 1.29 is 0 Å². The van der Waals surface area contributed by atoms with Crippen LogP contribution in [0, 0.1) is 18.8 Å². The number of hydrogen-bond acceptors (Lipinski definition) is 2. The topological polar surface area (TPSA) is 43.8 Å².